The van der Waals surface area contributed by atoms with Crippen LogP contribution in [0.1, 0.15) is 17.5 Å². The van der Waals surface area contributed by atoms with E-state index in [4.69, 9.17) is 4.74 Å². The van der Waals surface area contributed by atoms with Gasteiger partial charge in [-0.2, -0.15) is 36.5 Å². The molecule has 26 heavy (non-hydrogen) atoms. The van der Waals surface area contributed by atoms with Gasteiger partial charge in [-0.1, -0.05) is 6.07 Å². The maximum atomic E-state index is 13.1. The Balaban J connectivity index is 2.24. The molecule has 0 fully saturated rings. The standard InChI is InChI=1S/C15H14F6N2O3/c1-8-3-9(2)5-10(4-8)26-7-12(24)23-13(25,15(19,20)21)6-11(22-23)14(16,17)18/h3-5,25H,6-7H2,1-2H3/t13-/m0/s1. The first kappa shape index (κ1) is 20.0. The number of benzene rings is 1. The van der Waals surface area contributed by atoms with Gasteiger partial charge in [-0.25, -0.2) is 0 Å². The zero-order valence-corrected chi connectivity index (χ0v) is 13.6. The van der Waals surface area contributed by atoms with Crippen LogP contribution in [0.2, 0.25) is 0 Å². The smallest absolute Gasteiger partial charge is 0.438 e. The molecule has 0 aromatic heterocycles. The highest BCUT2D eigenvalue weighted by molar-refractivity contribution is 5.94. The van der Waals surface area contributed by atoms with Gasteiger partial charge in [-0.15, -0.1) is 0 Å². The number of aliphatic hydroxyl groups is 1. The zero-order chi connectivity index (χ0) is 19.9. The fraction of sp³-hybridized carbons (Fsp3) is 0.467. The summed E-state index contributed by atoms with van der Waals surface area (Å²) in [7, 11) is 0. The molecule has 0 spiro atoms. The first-order chi connectivity index (χ1) is 11.7. The number of nitrogens with zero attached hydrogens (tertiary/aromatic N) is 2. The minimum Gasteiger partial charge on any atom is -0.484 e. The predicted octanol–water partition coefficient (Wildman–Crippen LogP) is 3.08. The lowest BCUT2D eigenvalue weighted by Gasteiger charge is -2.32. The first-order valence-corrected chi connectivity index (χ1v) is 7.22. The van der Waals surface area contributed by atoms with Crippen LogP contribution in [0.25, 0.3) is 0 Å². The number of ether oxygens (including phenoxy) is 1. The quantitative estimate of drug-likeness (QED) is 0.815. The van der Waals surface area contributed by atoms with E-state index in [0.717, 1.165) is 11.1 Å². The highest BCUT2D eigenvalue weighted by Gasteiger charge is 2.66. The molecule has 11 heteroatoms. The number of amides is 1. The Morgan fingerprint density at radius 2 is 1.73 bits per heavy atom. The Bertz CT molecular complexity index is 724. The third-order valence-corrected chi connectivity index (χ3v) is 3.56. The fourth-order valence-corrected chi connectivity index (χ4v) is 2.41. The number of hydrogen-bond acceptors (Lipinski definition) is 4. The molecule has 0 aliphatic carbocycles. The molecule has 1 heterocycles. The molecule has 1 aromatic carbocycles. The number of carbonyl (C=O) groups is 1. The Morgan fingerprint density at radius 1 is 1.19 bits per heavy atom. The van der Waals surface area contributed by atoms with Crippen molar-refractivity contribution in [3.8, 4) is 5.75 Å². The topological polar surface area (TPSA) is 62.1 Å². The van der Waals surface area contributed by atoms with Crippen LogP contribution < -0.4 is 4.74 Å². The number of aryl methyl sites for hydroxylation is 2. The Labute approximate surface area is 143 Å². The summed E-state index contributed by atoms with van der Waals surface area (Å²) in [6.07, 6.45) is -12.7. The van der Waals surface area contributed by atoms with Crippen LogP contribution in [0.3, 0.4) is 0 Å². The average Bonchev–Trinajstić information content (AvgIpc) is 2.83. The SMILES string of the molecule is Cc1cc(C)cc(OCC(=O)N2N=C(C(F)(F)F)C[C@]2(O)C(F)(F)F)c1. The van der Waals surface area contributed by atoms with E-state index >= 15 is 0 Å². The van der Waals surface area contributed by atoms with E-state index in [2.05, 4.69) is 5.10 Å². The van der Waals surface area contributed by atoms with E-state index in [0.29, 0.717) is 0 Å². The molecule has 1 atom stereocenters. The molecule has 5 nitrogen and oxygen atoms in total. The monoisotopic (exact) mass is 384 g/mol. The van der Waals surface area contributed by atoms with Gasteiger partial charge in [0.15, 0.2) is 6.61 Å². The normalized spacial score (nSPS) is 21.0. The zero-order valence-electron chi connectivity index (χ0n) is 13.6. The molecule has 0 saturated carbocycles. The number of alkyl halides is 6. The van der Waals surface area contributed by atoms with E-state index in [1.54, 1.807) is 19.9 Å². The molecule has 1 aliphatic rings. The number of rotatable bonds is 3. The maximum Gasteiger partial charge on any atom is 0.438 e. The van der Waals surface area contributed by atoms with Crippen LogP contribution >= 0.6 is 0 Å². The van der Waals surface area contributed by atoms with Crippen molar-refractivity contribution >= 4 is 11.6 Å². The Hall–Kier alpha value is -2.30. The van der Waals surface area contributed by atoms with Gasteiger partial charge in [0.2, 0.25) is 0 Å². The minimum atomic E-state index is -5.54. The lowest BCUT2D eigenvalue weighted by atomic mass is 10.1. The molecule has 0 unspecified atom stereocenters. The van der Waals surface area contributed by atoms with Gasteiger partial charge in [-0.05, 0) is 37.1 Å². The Morgan fingerprint density at radius 3 is 2.19 bits per heavy atom. The molecular formula is C15H14F6N2O3. The highest BCUT2D eigenvalue weighted by atomic mass is 19.4. The summed E-state index contributed by atoms with van der Waals surface area (Å²) in [6, 6.07) is 4.76. The van der Waals surface area contributed by atoms with Crippen LogP contribution in [0, 0.1) is 13.8 Å². The summed E-state index contributed by atoms with van der Waals surface area (Å²) in [6.45, 7) is 2.39. The predicted molar refractivity (Wildman–Crippen MR) is 77.4 cm³/mol. The number of halogens is 6. The van der Waals surface area contributed by atoms with Crippen molar-refractivity contribution in [3.05, 3.63) is 29.3 Å². The fourth-order valence-electron chi connectivity index (χ4n) is 2.41. The molecule has 1 N–H and O–H groups in total. The van der Waals surface area contributed by atoms with Crippen LogP contribution in [-0.2, 0) is 4.79 Å². The lowest BCUT2D eigenvalue weighted by Crippen LogP contribution is -2.57. The van der Waals surface area contributed by atoms with E-state index < -0.39 is 47.7 Å². The van der Waals surface area contributed by atoms with Crippen LogP contribution in [-0.4, -0.2) is 46.4 Å². The third-order valence-electron chi connectivity index (χ3n) is 3.56. The maximum absolute atomic E-state index is 13.1. The van der Waals surface area contributed by atoms with E-state index in [1.165, 1.54) is 12.1 Å². The van der Waals surface area contributed by atoms with E-state index in [9.17, 15) is 36.2 Å². The molecular weight excluding hydrogens is 370 g/mol. The molecule has 1 aliphatic heterocycles. The summed E-state index contributed by atoms with van der Waals surface area (Å²) >= 11 is 0. The third kappa shape index (κ3) is 3.92. The molecule has 0 radical (unpaired) electrons. The van der Waals surface area contributed by atoms with Crippen LogP contribution in [0.5, 0.6) is 5.75 Å². The summed E-state index contributed by atoms with van der Waals surface area (Å²) in [5.74, 6) is -1.42. The Kier molecular flexibility index (Phi) is 4.97. The largest absolute Gasteiger partial charge is 0.484 e. The van der Waals surface area contributed by atoms with Crippen LogP contribution in [0.15, 0.2) is 23.3 Å². The minimum absolute atomic E-state index is 0.144. The first-order valence-electron chi connectivity index (χ1n) is 7.22. The molecule has 1 amide bonds. The van der Waals surface area contributed by atoms with Crippen molar-refractivity contribution in [1.82, 2.24) is 5.01 Å². The lowest BCUT2D eigenvalue weighted by molar-refractivity contribution is -0.302. The molecule has 0 saturated heterocycles. The van der Waals surface area contributed by atoms with Crippen molar-refractivity contribution in [1.29, 1.82) is 0 Å². The number of carbonyl (C=O) groups excluding carboxylic acids is 1. The van der Waals surface area contributed by atoms with Crippen LogP contribution in [0.4, 0.5) is 26.3 Å². The second-order valence-electron chi connectivity index (χ2n) is 5.85. The van der Waals surface area contributed by atoms with Gasteiger partial charge in [0.25, 0.3) is 11.6 Å². The van der Waals surface area contributed by atoms with Gasteiger partial charge >= 0.3 is 12.4 Å². The molecule has 1 aromatic rings. The summed E-state index contributed by atoms with van der Waals surface area (Å²) < 4.78 is 82.3. The molecule has 2 rings (SSSR count). The van der Waals surface area contributed by atoms with Gasteiger partial charge in [0, 0.05) is 0 Å². The summed E-state index contributed by atoms with van der Waals surface area (Å²) in [4.78, 5) is 12.0. The van der Waals surface area contributed by atoms with Gasteiger partial charge < -0.3 is 9.84 Å². The van der Waals surface area contributed by atoms with Crippen molar-refractivity contribution in [2.45, 2.75) is 38.3 Å². The molecule has 144 valence electrons. The van der Waals surface area contributed by atoms with Crippen molar-refractivity contribution in [2.24, 2.45) is 5.10 Å². The second kappa shape index (κ2) is 6.45. The van der Waals surface area contributed by atoms with Crippen molar-refractivity contribution in [3.63, 3.8) is 0 Å². The van der Waals surface area contributed by atoms with E-state index in [-0.39, 0.29) is 5.75 Å². The highest BCUT2D eigenvalue weighted by Crippen LogP contribution is 2.43. The van der Waals surface area contributed by atoms with Crippen molar-refractivity contribution < 1.29 is 41.0 Å². The van der Waals surface area contributed by atoms with Gasteiger partial charge in [0.05, 0.1) is 6.42 Å². The van der Waals surface area contributed by atoms with Gasteiger partial charge in [-0.3, -0.25) is 4.79 Å². The van der Waals surface area contributed by atoms with Crippen molar-refractivity contribution in [2.75, 3.05) is 6.61 Å². The van der Waals surface area contributed by atoms with Gasteiger partial charge in [0.1, 0.15) is 11.5 Å². The molecule has 0 bridgehead atoms. The number of hydrogen-bond donors (Lipinski definition) is 1. The summed E-state index contributed by atoms with van der Waals surface area (Å²) in [5, 5.41) is 11.7. The summed E-state index contributed by atoms with van der Waals surface area (Å²) in [5.41, 5.74) is -4.49. The second-order valence-corrected chi connectivity index (χ2v) is 5.85. The average molecular weight is 384 g/mol. The van der Waals surface area contributed by atoms with E-state index in [1.807, 2.05) is 0 Å². The number of hydrazone groups is 1.